The van der Waals surface area contributed by atoms with Gasteiger partial charge in [0.05, 0.1) is 0 Å². The molecule has 2 saturated heterocycles. The van der Waals surface area contributed by atoms with Crippen LogP contribution in [-0.4, -0.2) is 30.8 Å². The second-order valence-corrected chi connectivity index (χ2v) is 5.15. The Kier molecular flexibility index (Phi) is 3.12. The minimum atomic E-state index is 0.275. The number of ether oxygens (including phenoxy) is 1. The van der Waals surface area contributed by atoms with Gasteiger partial charge < -0.3 is 10.1 Å². The molecule has 3 heterocycles. The van der Waals surface area contributed by atoms with Crippen LogP contribution >= 0.6 is 0 Å². The first-order valence-electron chi connectivity index (χ1n) is 6.63. The number of hydrogen-bond donors (Lipinski definition) is 1. The van der Waals surface area contributed by atoms with Gasteiger partial charge >= 0.3 is 0 Å². The smallest absolute Gasteiger partial charge is 0.0475 e. The quantitative estimate of drug-likeness (QED) is 0.845. The number of aromatic nitrogens is 1. The standard InChI is InChI=1S/C14H20N2O/c1-2-13(16-7-1)14(5-10-17-11-6-14)12-3-8-15-9-4-12/h3-4,8-9,13,16H,1-2,5-7,10-11H2. The molecule has 0 bridgehead atoms. The van der Waals surface area contributed by atoms with Crippen molar-refractivity contribution in [2.24, 2.45) is 0 Å². The van der Waals surface area contributed by atoms with Crippen molar-refractivity contribution in [3.63, 3.8) is 0 Å². The summed E-state index contributed by atoms with van der Waals surface area (Å²) in [6, 6.07) is 4.99. The fourth-order valence-electron chi connectivity index (χ4n) is 3.41. The first-order valence-corrected chi connectivity index (χ1v) is 6.63. The Morgan fingerprint density at radius 2 is 2.00 bits per heavy atom. The van der Waals surface area contributed by atoms with Crippen molar-refractivity contribution >= 4 is 0 Å². The van der Waals surface area contributed by atoms with Gasteiger partial charge in [0.1, 0.15) is 0 Å². The molecule has 3 rings (SSSR count). The molecule has 1 N–H and O–H groups in total. The minimum absolute atomic E-state index is 0.275. The topological polar surface area (TPSA) is 34.1 Å². The molecule has 0 saturated carbocycles. The molecule has 0 amide bonds. The van der Waals surface area contributed by atoms with Crippen LogP contribution in [0.1, 0.15) is 31.2 Å². The SMILES string of the molecule is c1cc(C2(C3CCCN3)CCOCC2)ccn1. The fourth-order valence-corrected chi connectivity index (χ4v) is 3.41. The molecular formula is C14H20N2O. The van der Waals surface area contributed by atoms with Gasteiger partial charge in [0.15, 0.2) is 0 Å². The number of nitrogens with one attached hydrogen (secondary N) is 1. The highest BCUT2D eigenvalue weighted by Crippen LogP contribution is 2.40. The summed E-state index contributed by atoms with van der Waals surface area (Å²) < 4.78 is 5.56. The number of nitrogens with zero attached hydrogens (tertiary/aromatic N) is 1. The van der Waals surface area contributed by atoms with E-state index in [4.69, 9.17) is 4.74 Å². The molecule has 92 valence electrons. The predicted octanol–water partition coefficient (Wildman–Crippen LogP) is 1.88. The van der Waals surface area contributed by atoms with E-state index in [1.165, 1.54) is 24.9 Å². The summed E-state index contributed by atoms with van der Waals surface area (Å²) in [5, 5.41) is 3.69. The third kappa shape index (κ3) is 1.98. The lowest BCUT2D eigenvalue weighted by molar-refractivity contribution is 0.0371. The molecule has 17 heavy (non-hydrogen) atoms. The third-order valence-corrected chi connectivity index (χ3v) is 4.37. The molecule has 2 fully saturated rings. The van der Waals surface area contributed by atoms with Gasteiger partial charge in [-0.1, -0.05) is 0 Å². The molecule has 2 aliphatic heterocycles. The number of hydrogen-bond acceptors (Lipinski definition) is 3. The maximum absolute atomic E-state index is 5.56. The van der Waals surface area contributed by atoms with Gasteiger partial charge in [-0.2, -0.15) is 0 Å². The summed E-state index contributed by atoms with van der Waals surface area (Å²) in [7, 11) is 0. The largest absolute Gasteiger partial charge is 0.381 e. The predicted molar refractivity (Wildman–Crippen MR) is 67.0 cm³/mol. The Labute approximate surface area is 103 Å². The molecular weight excluding hydrogens is 212 g/mol. The minimum Gasteiger partial charge on any atom is -0.381 e. The average molecular weight is 232 g/mol. The van der Waals surface area contributed by atoms with Crippen LogP contribution in [0.4, 0.5) is 0 Å². The molecule has 3 heteroatoms. The molecule has 0 spiro atoms. The molecule has 1 aromatic rings. The normalized spacial score (nSPS) is 28.1. The third-order valence-electron chi connectivity index (χ3n) is 4.37. The maximum Gasteiger partial charge on any atom is 0.0475 e. The summed E-state index contributed by atoms with van der Waals surface area (Å²) in [5.41, 5.74) is 1.72. The number of rotatable bonds is 2. The molecule has 0 radical (unpaired) electrons. The zero-order valence-electron chi connectivity index (χ0n) is 10.2. The Balaban J connectivity index is 1.95. The van der Waals surface area contributed by atoms with Crippen molar-refractivity contribution in [3.05, 3.63) is 30.1 Å². The van der Waals surface area contributed by atoms with Crippen LogP contribution in [0, 0.1) is 0 Å². The van der Waals surface area contributed by atoms with Crippen LogP contribution < -0.4 is 5.32 Å². The maximum atomic E-state index is 5.56. The lowest BCUT2D eigenvalue weighted by Gasteiger charge is -2.42. The van der Waals surface area contributed by atoms with Gasteiger partial charge in [-0.15, -0.1) is 0 Å². The molecule has 1 atom stereocenters. The van der Waals surface area contributed by atoms with Crippen LogP contribution in [0.2, 0.25) is 0 Å². The lowest BCUT2D eigenvalue weighted by Crippen LogP contribution is -2.48. The molecule has 0 aliphatic carbocycles. The van der Waals surface area contributed by atoms with Gasteiger partial charge in [-0.25, -0.2) is 0 Å². The highest BCUT2D eigenvalue weighted by molar-refractivity contribution is 5.27. The van der Waals surface area contributed by atoms with E-state index in [9.17, 15) is 0 Å². The molecule has 3 nitrogen and oxygen atoms in total. The zero-order valence-corrected chi connectivity index (χ0v) is 10.2. The van der Waals surface area contributed by atoms with Crippen molar-refractivity contribution in [2.75, 3.05) is 19.8 Å². The Morgan fingerprint density at radius 3 is 2.65 bits per heavy atom. The van der Waals surface area contributed by atoms with Crippen molar-refractivity contribution in [2.45, 2.75) is 37.1 Å². The number of pyridine rings is 1. The second kappa shape index (κ2) is 4.75. The van der Waals surface area contributed by atoms with E-state index in [1.54, 1.807) is 0 Å². The van der Waals surface area contributed by atoms with Crippen molar-refractivity contribution < 1.29 is 4.74 Å². The molecule has 0 aromatic carbocycles. The van der Waals surface area contributed by atoms with Crippen molar-refractivity contribution in [1.82, 2.24) is 10.3 Å². The fraction of sp³-hybridized carbons (Fsp3) is 0.643. The van der Waals surface area contributed by atoms with Crippen molar-refractivity contribution in [1.29, 1.82) is 0 Å². The van der Waals surface area contributed by atoms with Gasteiger partial charge in [0, 0.05) is 37.1 Å². The summed E-state index contributed by atoms with van der Waals surface area (Å²) >= 11 is 0. The Bertz CT molecular complexity index is 354. The van der Waals surface area contributed by atoms with E-state index in [2.05, 4.69) is 22.4 Å². The van der Waals surface area contributed by atoms with E-state index in [0.717, 1.165) is 26.1 Å². The molecule has 1 unspecified atom stereocenters. The first kappa shape index (κ1) is 11.2. The van der Waals surface area contributed by atoms with Gasteiger partial charge in [-0.05, 0) is 49.9 Å². The van der Waals surface area contributed by atoms with E-state index in [-0.39, 0.29) is 5.41 Å². The first-order chi connectivity index (χ1) is 8.42. The van der Waals surface area contributed by atoms with E-state index >= 15 is 0 Å². The zero-order chi connectivity index (χ0) is 11.6. The average Bonchev–Trinajstić information content (AvgIpc) is 2.95. The summed E-state index contributed by atoms with van der Waals surface area (Å²) in [4.78, 5) is 4.15. The summed E-state index contributed by atoms with van der Waals surface area (Å²) in [5.74, 6) is 0. The Hall–Kier alpha value is -0.930. The molecule has 2 aliphatic rings. The van der Waals surface area contributed by atoms with Gasteiger partial charge in [0.25, 0.3) is 0 Å². The van der Waals surface area contributed by atoms with Crippen LogP contribution in [0.5, 0.6) is 0 Å². The van der Waals surface area contributed by atoms with E-state index in [1.807, 2.05) is 12.4 Å². The van der Waals surface area contributed by atoms with Gasteiger partial charge in [-0.3, -0.25) is 4.98 Å². The van der Waals surface area contributed by atoms with Crippen LogP contribution in [0.3, 0.4) is 0 Å². The van der Waals surface area contributed by atoms with Crippen LogP contribution in [0.25, 0.3) is 0 Å². The summed E-state index contributed by atoms with van der Waals surface area (Å²) in [6.07, 6.45) is 8.70. The highest BCUT2D eigenvalue weighted by atomic mass is 16.5. The molecule has 1 aromatic heterocycles. The lowest BCUT2D eigenvalue weighted by atomic mass is 9.68. The second-order valence-electron chi connectivity index (χ2n) is 5.15. The van der Waals surface area contributed by atoms with Crippen LogP contribution in [0.15, 0.2) is 24.5 Å². The van der Waals surface area contributed by atoms with E-state index < -0.39 is 0 Å². The Morgan fingerprint density at radius 1 is 1.24 bits per heavy atom. The van der Waals surface area contributed by atoms with Crippen LogP contribution in [-0.2, 0) is 10.2 Å². The van der Waals surface area contributed by atoms with E-state index in [0.29, 0.717) is 6.04 Å². The highest BCUT2D eigenvalue weighted by Gasteiger charge is 2.42. The van der Waals surface area contributed by atoms with Crippen molar-refractivity contribution in [3.8, 4) is 0 Å². The monoisotopic (exact) mass is 232 g/mol. The van der Waals surface area contributed by atoms with Gasteiger partial charge in [0.2, 0.25) is 0 Å². The summed E-state index contributed by atoms with van der Waals surface area (Å²) in [6.45, 7) is 2.94.